The summed E-state index contributed by atoms with van der Waals surface area (Å²) >= 11 is 0. The average molecular weight is 546 g/mol. The Bertz CT molecular complexity index is 1160. The van der Waals surface area contributed by atoms with E-state index in [2.05, 4.69) is 35.2 Å². The second-order valence-electron chi connectivity index (χ2n) is 7.35. The molecule has 0 aliphatic rings. The Labute approximate surface area is 214 Å². The minimum atomic E-state index is -5.93. The van der Waals surface area contributed by atoms with Gasteiger partial charge in [0.05, 0.1) is 18.2 Å². The second kappa shape index (κ2) is 14.3. The van der Waals surface area contributed by atoms with Gasteiger partial charge in [0.25, 0.3) is 0 Å². The van der Waals surface area contributed by atoms with Crippen LogP contribution in [0.15, 0.2) is 42.5 Å². The number of nitrogens with zero attached hydrogens (tertiary/aromatic N) is 2. The molecule has 0 saturated heterocycles. The van der Waals surface area contributed by atoms with Crippen molar-refractivity contribution in [2.75, 3.05) is 31.6 Å². The SMILES string of the molecule is CCN(CC)CC.CCOc1cc(C(Nc2ccc(C#N)cc2)C(=O)O)ccc1OS(=O)(=O)C(F)(F)F. The van der Waals surface area contributed by atoms with Crippen LogP contribution < -0.4 is 14.2 Å². The standard InChI is InChI=1S/C18H15F3N2O6S.C6H15N/c1-2-28-15-9-12(5-8-14(15)29-30(26,27)18(19,20)21)16(17(24)25)23-13-6-3-11(10-22)4-7-13;1-4-7(5-2)6-3/h3-9,16,23H,2H2,1H3,(H,24,25);4-6H2,1-3H3. The third-order valence-electron chi connectivity index (χ3n) is 5.00. The Morgan fingerprint density at radius 3 is 2.03 bits per heavy atom. The van der Waals surface area contributed by atoms with E-state index in [-0.39, 0.29) is 17.9 Å². The van der Waals surface area contributed by atoms with Crippen molar-refractivity contribution in [1.82, 2.24) is 4.90 Å². The molecule has 204 valence electrons. The summed E-state index contributed by atoms with van der Waals surface area (Å²) in [6.07, 6.45) is 0. The summed E-state index contributed by atoms with van der Waals surface area (Å²) in [6.45, 7) is 11.6. The molecule has 1 unspecified atom stereocenters. The van der Waals surface area contributed by atoms with E-state index >= 15 is 0 Å². The van der Waals surface area contributed by atoms with Gasteiger partial charge in [0.1, 0.15) is 0 Å². The third kappa shape index (κ3) is 9.47. The van der Waals surface area contributed by atoms with Gasteiger partial charge in [-0.25, -0.2) is 4.79 Å². The largest absolute Gasteiger partial charge is 0.534 e. The molecule has 2 N–H and O–H groups in total. The van der Waals surface area contributed by atoms with Gasteiger partial charge in [0.15, 0.2) is 17.5 Å². The van der Waals surface area contributed by atoms with E-state index in [0.29, 0.717) is 11.3 Å². The van der Waals surface area contributed by atoms with E-state index < -0.39 is 33.4 Å². The van der Waals surface area contributed by atoms with Gasteiger partial charge < -0.3 is 24.2 Å². The Morgan fingerprint density at radius 2 is 1.62 bits per heavy atom. The van der Waals surface area contributed by atoms with Crippen molar-refractivity contribution in [2.24, 2.45) is 0 Å². The number of carbonyl (C=O) groups is 1. The molecule has 0 fully saturated rings. The van der Waals surface area contributed by atoms with Gasteiger partial charge in [0.2, 0.25) is 0 Å². The summed E-state index contributed by atoms with van der Waals surface area (Å²) in [6, 6.07) is 9.48. The van der Waals surface area contributed by atoms with E-state index in [9.17, 15) is 31.5 Å². The fourth-order valence-corrected chi connectivity index (χ4v) is 3.44. The average Bonchev–Trinajstić information content (AvgIpc) is 2.84. The first kappa shape index (κ1) is 31.5. The number of aliphatic carboxylic acids is 1. The lowest BCUT2D eigenvalue weighted by molar-refractivity contribution is -0.138. The first-order valence-electron chi connectivity index (χ1n) is 11.3. The molecule has 0 bridgehead atoms. The number of hydrogen-bond acceptors (Lipinski definition) is 8. The molecule has 2 rings (SSSR count). The molecule has 0 saturated carbocycles. The van der Waals surface area contributed by atoms with Crippen LogP contribution in [0, 0.1) is 11.3 Å². The smallest absolute Gasteiger partial charge is 0.490 e. The molecule has 0 spiro atoms. The maximum atomic E-state index is 12.6. The molecular weight excluding hydrogens is 515 g/mol. The van der Waals surface area contributed by atoms with Gasteiger partial charge in [-0.2, -0.15) is 26.9 Å². The van der Waals surface area contributed by atoms with Gasteiger partial charge in [-0.15, -0.1) is 0 Å². The zero-order valence-corrected chi connectivity index (χ0v) is 21.7. The Hall–Kier alpha value is -3.50. The van der Waals surface area contributed by atoms with Crippen LogP contribution in [0.3, 0.4) is 0 Å². The number of carboxylic acids is 1. The van der Waals surface area contributed by atoms with Crippen LogP contribution >= 0.6 is 0 Å². The number of alkyl halides is 3. The first-order valence-corrected chi connectivity index (χ1v) is 12.7. The molecule has 1 atom stereocenters. The highest BCUT2D eigenvalue weighted by Crippen LogP contribution is 2.35. The number of nitrogens with one attached hydrogen (secondary N) is 1. The minimum Gasteiger partial charge on any atom is -0.490 e. The van der Waals surface area contributed by atoms with E-state index in [0.717, 1.165) is 18.2 Å². The summed E-state index contributed by atoms with van der Waals surface area (Å²) in [5, 5.41) is 21.1. The number of halogens is 3. The molecule has 37 heavy (non-hydrogen) atoms. The predicted octanol–water partition coefficient (Wildman–Crippen LogP) is 4.77. The van der Waals surface area contributed by atoms with Gasteiger partial charge >= 0.3 is 21.6 Å². The number of hydrogen-bond donors (Lipinski definition) is 2. The van der Waals surface area contributed by atoms with Crippen molar-refractivity contribution in [2.45, 2.75) is 39.2 Å². The molecule has 0 aromatic heterocycles. The summed E-state index contributed by atoms with van der Waals surface area (Å²) in [4.78, 5) is 14.1. The second-order valence-corrected chi connectivity index (χ2v) is 8.88. The molecular formula is C24H30F3N3O6S. The molecule has 9 nitrogen and oxygen atoms in total. The number of ether oxygens (including phenoxy) is 1. The van der Waals surface area contributed by atoms with Crippen LogP contribution in [-0.4, -0.2) is 56.1 Å². The van der Waals surface area contributed by atoms with Crippen molar-refractivity contribution in [3.05, 3.63) is 53.6 Å². The van der Waals surface area contributed by atoms with Crippen LogP contribution in [-0.2, 0) is 14.9 Å². The highest BCUT2D eigenvalue weighted by atomic mass is 32.2. The van der Waals surface area contributed by atoms with E-state index in [4.69, 9.17) is 10.00 Å². The van der Waals surface area contributed by atoms with Crippen molar-refractivity contribution in [3.8, 4) is 17.6 Å². The molecule has 0 aliphatic carbocycles. The Kier molecular flexibility index (Phi) is 12.2. The number of nitriles is 1. The molecule has 0 heterocycles. The monoisotopic (exact) mass is 545 g/mol. The summed E-state index contributed by atoms with van der Waals surface area (Å²) in [5.41, 5.74) is -4.86. The van der Waals surface area contributed by atoms with Crippen molar-refractivity contribution in [1.29, 1.82) is 5.26 Å². The fourth-order valence-electron chi connectivity index (χ4n) is 2.97. The molecule has 13 heteroatoms. The lowest BCUT2D eigenvalue weighted by Gasteiger charge is -2.19. The number of anilines is 1. The van der Waals surface area contributed by atoms with Crippen molar-refractivity contribution in [3.63, 3.8) is 0 Å². The van der Waals surface area contributed by atoms with Gasteiger partial charge in [-0.05, 0) is 68.5 Å². The highest BCUT2D eigenvalue weighted by Gasteiger charge is 2.49. The van der Waals surface area contributed by atoms with Crippen LogP contribution in [0.5, 0.6) is 11.5 Å². The maximum Gasteiger partial charge on any atom is 0.534 e. The lowest BCUT2D eigenvalue weighted by atomic mass is 10.1. The van der Waals surface area contributed by atoms with Gasteiger partial charge in [-0.3, -0.25) is 0 Å². The lowest BCUT2D eigenvalue weighted by Crippen LogP contribution is -2.28. The van der Waals surface area contributed by atoms with Crippen molar-refractivity contribution < 1.29 is 40.4 Å². The first-order chi connectivity index (χ1) is 17.3. The summed E-state index contributed by atoms with van der Waals surface area (Å²) in [7, 11) is -5.93. The maximum absolute atomic E-state index is 12.6. The number of rotatable bonds is 11. The highest BCUT2D eigenvalue weighted by molar-refractivity contribution is 7.88. The topological polar surface area (TPSA) is 129 Å². The summed E-state index contributed by atoms with van der Waals surface area (Å²) in [5.74, 6) is -2.44. The zero-order valence-electron chi connectivity index (χ0n) is 20.9. The zero-order chi connectivity index (χ0) is 28.2. The van der Waals surface area contributed by atoms with Crippen LogP contribution in [0.2, 0.25) is 0 Å². The normalized spacial score (nSPS) is 12.1. The third-order valence-corrected chi connectivity index (χ3v) is 5.96. The fraction of sp³-hybridized carbons (Fsp3) is 0.417. The van der Waals surface area contributed by atoms with E-state index in [1.165, 1.54) is 50.8 Å². The predicted molar refractivity (Wildman–Crippen MR) is 132 cm³/mol. The quantitative estimate of drug-likeness (QED) is 0.303. The molecule has 0 aliphatic heterocycles. The van der Waals surface area contributed by atoms with Crippen molar-refractivity contribution >= 4 is 21.8 Å². The molecule has 0 radical (unpaired) electrons. The van der Waals surface area contributed by atoms with Crippen LogP contribution in [0.4, 0.5) is 18.9 Å². The van der Waals surface area contributed by atoms with Gasteiger partial charge in [-0.1, -0.05) is 26.8 Å². The van der Waals surface area contributed by atoms with Crippen LogP contribution in [0.1, 0.15) is 44.9 Å². The van der Waals surface area contributed by atoms with E-state index in [1.807, 2.05) is 6.07 Å². The number of benzene rings is 2. The Balaban J connectivity index is 0.000000856. The molecule has 2 aromatic rings. The van der Waals surface area contributed by atoms with E-state index in [1.54, 1.807) is 0 Å². The van der Waals surface area contributed by atoms with Gasteiger partial charge in [0, 0.05) is 5.69 Å². The molecule has 0 amide bonds. The molecule has 2 aromatic carbocycles. The summed E-state index contributed by atoms with van der Waals surface area (Å²) < 4.78 is 69.5. The number of carboxylic acid groups (broad SMARTS) is 1. The Morgan fingerprint density at radius 1 is 1.05 bits per heavy atom. The van der Waals surface area contributed by atoms with Crippen LogP contribution in [0.25, 0.3) is 0 Å². The minimum absolute atomic E-state index is 0.0489.